The van der Waals surface area contributed by atoms with Crippen LogP contribution in [0.2, 0.25) is 0 Å². The maximum Gasteiger partial charge on any atom is 0.0972 e. The third-order valence-electron chi connectivity index (χ3n) is 4.69. The number of pyridine rings is 2. The predicted octanol–water partition coefficient (Wildman–Crippen LogP) is 6.11. The van der Waals surface area contributed by atoms with Crippen molar-refractivity contribution in [2.45, 2.75) is 0 Å². The van der Waals surface area contributed by atoms with Crippen LogP contribution in [0.1, 0.15) is 0 Å². The molecule has 0 saturated heterocycles. The molecule has 130 valence electrons. The minimum absolute atomic E-state index is 0. The van der Waals surface area contributed by atoms with Gasteiger partial charge in [0.25, 0.3) is 0 Å². The van der Waals surface area contributed by atoms with Crippen LogP contribution in [0.25, 0.3) is 44.2 Å². The molecule has 3 heteroatoms. The van der Waals surface area contributed by atoms with E-state index in [0.717, 1.165) is 38.6 Å². The smallest absolute Gasteiger partial charge is 0.0972 e. The maximum atomic E-state index is 5.09. The average Bonchev–Trinajstić information content (AvgIpc) is 2.74. The van der Waals surface area contributed by atoms with Crippen molar-refractivity contribution in [2.24, 2.45) is 0 Å². The Morgan fingerprint density at radius 3 is 1.96 bits per heavy atom. The molecule has 0 N–H and O–H groups in total. The third-order valence-corrected chi connectivity index (χ3v) is 4.69. The largest absolute Gasteiger partial charge is 0.254 e. The molecule has 0 aliphatic rings. The Bertz CT molecular complexity index is 1220. The molecule has 0 aliphatic carbocycles. The summed E-state index contributed by atoms with van der Waals surface area (Å²) in [7, 11) is 0. The molecular formula is C24H16N2Ru. The Morgan fingerprint density at radius 2 is 1.22 bits per heavy atom. The first-order valence-electron chi connectivity index (χ1n) is 8.69. The van der Waals surface area contributed by atoms with Gasteiger partial charge >= 0.3 is 0 Å². The van der Waals surface area contributed by atoms with Gasteiger partial charge in [0, 0.05) is 47.6 Å². The van der Waals surface area contributed by atoms with Gasteiger partial charge in [-0.2, -0.15) is 0 Å². The molecule has 27 heavy (non-hydrogen) atoms. The topological polar surface area (TPSA) is 25.8 Å². The van der Waals surface area contributed by atoms with Crippen molar-refractivity contribution in [2.75, 3.05) is 0 Å². The summed E-state index contributed by atoms with van der Waals surface area (Å²) in [6, 6.07) is 31.3. The fourth-order valence-electron chi connectivity index (χ4n) is 3.43. The molecular weight excluding hydrogens is 417 g/mol. The van der Waals surface area contributed by atoms with Gasteiger partial charge in [0.15, 0.2) is 0 Å². The van der Waals surface area contributed by atoms with E-state index < -0.39 is 0 Å². The van der Waals surface area contributed by atoms with Crippen LogP contribution in [-0.4, -0.2) is 9.97 Å². The van der Waals surface area contributed by atoms with E-state index in [1.54, 1.807) is 0 Å². The molecule has 0 amide bonds. The van der Waals surface area contributed by atoms with Crippen molar-refractivity contribution in [3.63, 3.8) is 0 Å². The molecule has 0 radical (unpaired) electrons. The van der Waals surface area contributed by atoms with E-state index in [-0.39, 0.29) is 19.5 Å². The average molecular weight is 433 g/mol. The van der Waals surface area contributed by atoms with Crippen molar-refractivity contribution in [3.8, 4) is 22.4 Å². The van der Waals surface area contributed by atoms with E-state index in [1.165, 1.54) is 5.56 Å². The third kappa shape index (κ3) is 3.16. The molecule has 2 nitrogen and oxygen atoms in total. The van der Waals surface area contributed by atoms with Crippen molar-refractivity contribution in [3.05, 3.63) is 97.2 Å². The SMILES string of the molecule is [Ru].c1ccc(-c2cc3ccc4cccnc4c3nc2-c2ccccc2)cc1. The van der Waals surface area contributed by atoms with E-state index in [2.05, 4.69) is 77.8 Å². The van der Waals surface area contributed by atoms with E-state index >= 15 is 0 Å². The summed E-state index contributed by atoms with van der Waals surface area (Å²) in [5, 5.41) is 2.22. The number of benzene rings is 3. The molecule has 0 unspecified atom stereocenters. The van der Waals surface area contributed by atoms with Gasteiger partial charge in [0.1, 0.15) is 0 Å². The fourth-order valence-corrected chi connectivity index (χ4v) is 3.43. The molecule has 0 fully saturated rings. The molecule has 5 aromatic rings. The van der Waals surface area contributed by atoms with E-state index in [9.17, 15) is 0 Å². The fraction of sp³-hybridized carbons (Fsp3) is 0. The second-order valence-corrected chi connectivity index (χ2v) is 6.33. The molecule has 3 aromatic carbocycles. The molecule has 2 aromatic heterocycles. The summed E-state index contributed by atoms with van der Waals surface area (Å²) < 4.78 is 0. The second kappa shape index (κ2) is 7.38. The molecule has 5 rings (SSSR count). The number of hydrogen-bond donors (Lipinski definition) is 0. The Balaban J connectivity index is 0.00000180. The number of fused-ring (bicyclic) bond motifs is 3. The first kappa shape index (κ1) is 17.5. The van der Waals surface area contributed by atoms with Gasteiger partial charge in [-0.25, -0.2) is 4.98 Å². The number of aromatic nitrogens is 2. The summed E-state index contributed by atoms with van der Waals surface area (Å²) in [4.78, 5) is 9.67. The normalized spacial score (nSPS) is 10.7. The van der Waals surface area contributed by atoms with Gasteiger partial charge in [0.2, 0.25) is 0 Å². The predicted molar refractivity (Wildman–Crippen MR) is 108 cm³/mol. The van der Waals surface area contributed by atoms with E-state index in [1.807, 2.05) is 24.4 Å². The Morgan fingerprint density at radius 1 is 0.556 bits per heavy atom. The first-order chi connectivity index (χ1) is 12.9. The molecule has 0 saturated carbocycles. The van der Waals surface area contributed by atoms with Gasteiger partial charge in [-0.1, -0.05) is 78.9 Å². The van der Waals surface area contributed by atoms with Crippen molar-refractivity contribution in [1.29, 1.82) is 0 Å². The minimum Gasteiger partial charge on any atom is -0.254 e. The van der Waals surface area contributed by atoms with Gasteiger partial charge in [-0.05, 0) is 17.7 Å². The van der Waals surface area contributed by atoms with E-state index in [4.69, 9.17) is 4.98 Å². The maximum absolute atomic E-state index is 5.09. The zero-order chi connectivity index (χ0) is 17.3. The number of nitrogens with zero attached hydrogens (tertiary/aromatic N) is 2. The minimum atomic E-state index is 0. The summed E-state index contributed by atoms with van der Waals surface area (Å²) in [6.45, 7) is 0. The molecule has 0 bridgehead atoms. The van der Waals surface area contributed by atoms with Crippen LogP contribution < -0.4 is 0 Å². The standard InChI is InChI=1S/C24H16N2.Ru/c1-3-8-17(9-4-1)21-16-20-14-13-19-12-7-15-25-23(19)24(20)26-22(21)18-10-5-2-6-11-18;/h1-16H;. The van der Waals surface area contributed by atoms with Crippen molar-refractivity contribution < 1.29 is 19.5 Å². The number of rotatable bonds is 2. The second-order valence-electron chi connectivity index (χ2n) is 6.33. The molecule has 2 heterocycles. The van der Waals surface area contributed by atoms with Crippen LogP contribution >= 0.6 is 0 Å². The van der Waals surface area contributed by atoms with Crippen LogP contribution in [0.15, 0.2) is 97.2 Å². The van der Waals surface area contributed by atoms with E-state index in [0.29, 0.717) is 0 Å². The van der Waals surface area contributed by atoms with Crippen LogP contribution in [0.5, 0.6) is 0 Å². The Kier molecular flexibility index (Phi) is 4.79. The van der Waals surface area contributed by atoms with Crippen LogP contribution in [0.4, 0.5) is 0 Å². The monoisotopic (exact) mass is 434 g/mol. The molecule has 0 aliphatic heterocycles. The molecule has 0 atom stereocenters. The summed E-state index contributed by atoms with van der Waals surface area (Å²) in [6.07, 6.45) is 1.83. The Hall–Kier alpha value is -2.90. The first-order valence-corrected chi connectivity index (χ1v) is 8.69. The zero-order valence-corrected chi connectivity index (χ0v) is 16.2. The zero-order valence-electron chi connectivity index (χ0n) is 14.5. The summed E-state index contributed by atoms with van der Waals surface area (Å²) in [5.41, 5.74) is 6.30. The summed E-state index contributed by atoms with van der Waals surface area (Å²) >= 11 is 0. The van der Waals surface area contributed by atoms with Crippen molar-refractivity contribution >= 4 is 21.8 Å². The van der Waals surface area contributed by atoms with Gasteiger partial charge in [-0.3, -0.25) is 4.98 Å². The Labute approximate surface area is 170 Å². The van der Waals surface area contributed by atoms with Gasteiger partial charge in [0.05, 0.1) is 16.7 Å². The van der Waals surface area contributed by atoms with Crippen molar-refractivity contribution in [1.82, 2.24) is 9.97 Å². The van der Waals surface area contributed by atoms with Crippen LogP contribution in [0, 0.1) is 0 Å². The summed E-state index contributed by atoms with van der Waals surface area (Å²) in [5.74, 6) is 0. The van der Waals surface area contributed by atoms with Gasteiger partial charge < -0.3 is 0 Å². The van der Waals surface area contributed by atoms with Crippen LogP contribution in [-0.2, 0) is 19.5 Å². The quantitative estimate of drug-likeness (QED) is 0.248. The van der Waals surface area contributed by atoms with Crippen LogP contribution in [0.3, 0.4) is 0 Å². The van der Waals surface area contributed by atoms with Gasteiger partial charge in [-0.15, -0.1) is 0 Å². The molecule has 0 spiro atoms. The number of hydrogen-bond acceptors (Lipinski definition) is 2.